The van der Waals surface area contributed by atoms with Crippen molar-refractivity contribution >= 4 is 0 Å². The van der Waals surface area contributed by atoms with Crippen molar-refractivity contribution in [2.75, 3.05) is 0 Å². The zero-order valence-electron chi connectivity index (χ0n) is 10.1. The van der Waals surface area contributed by atoms with Gasteiger partial charge in [0.05, 0.1) is 5.82 Å². The molecule has 0 N–H and O–H groups in total. The van der Waals surface area contributed by atoms with Crippen LogP contribution in [0, 0.1) is 6.07 Å². The van der Waals surface area contributed by atoms with Crippen molar-refractivity contribution in [2.24, 2.45) is 0 Å². The van der Waals surface area contributed by atoms with Crippen LogP contribution in [0.4, 0.5) is 0 Å². The number of aromatic nitrogens is 2. The van der Waals surface area contributed by atoms with Crippen LogP contribution < -0.4 is 0 Å². The molecule has 19 heavy (non-hydrogen) atoms. The Hall–Kier alpha value is -1.83. The number of hydrogen-bond donors (Lipinski definition) is 0. The Labute approximate surface area is 125 Å². The first-order chi connectivity index (χ1) is 8.93. The summed E-state index contributed by atoms with van der Waals surface area (Å²) in [6, 6.07) is 20.9. The molecule has 0 spiro atoms. The van der Waals surface area contributed by atoms with Crippen molar-refractivity contribution in [1.29, 1.82) is 0 Å². The smallest absolute Gasteiger partial charge is 0.0748 e. The Bertz CT molecular complexity index is 563. The van der Waals surface area contributed by atoms with Crippen LogP contribution in [0.25, 0.3) is 22.5 Å². The van der Waals surface area contributed by atoms with Crippen LogP contribution in [0.5, 0.6) is 0 Å². The van der Waals surface area contributed by atoms with Crippen molar-refractivity contribution in [3.63, 3.8) is 0 Å². The van der Waals surface area contributed by atoms with E-state index >= 15 is 0 Å². The van der Waals surface area contributed by atoms with Crippen LogP contribution in [0.2, 0.25) is 0 Å². The molecule has 2 nitrogen and oxygen atoms in total. The number of benzene rings is 2. The molecule has 1 aromatic heterocycles. The molecule has 0 atom stereocenters. The zero-order chi connectivity index (χ0) is 12.2. The maximum absolute atomic E-state index is 4.38. The second-order valence-electron chi connectivity index (χ2n) is 3.94. The largest absolute Gasteiger partial charge is 0.285 e. The standard InChI is InChI=1S/C16H11N2.Ir/c1-3-7-13(8-4-1)15-11-17-16(18-12-15)14-9-5-2-6-10-14;/h1-9,11-12H;/q-1;. The van der Waals surface area contributed by atoms with Crippen LogP contribution in [0.3, 0.4) is 0 Å². The van der Waals surface area contributed by atoms with Gasteiger partial charge < -0.3 is 0 Å². The summed E-state index contributed by atoms with van der Waals surface area (Å²) < 4.78 is 0. The van der Waals surface area contributed by atoms with Gasteiger partial charge in [0.25, 0.3) is 0 Å². The SMILES string of the molecule is [Ir].[c-]1ccccc1-c1ncc(-c2ccccc2)cn1. The maximum Gasteiger partial charge on any atom is 0.0748 e. The first-order valence-electron chi connectivity index (χ1n) is 5.78. The van der Waals surface area contributed by atoms with Crippen molar-refractivity contribution in [3.05, 3.63) is 73.1 Å². The van der Waals surface area contributed by atoms with E-state index in [-0.39, 0.29) is 20.1 Å². The van der Waals surface area contributed by atoms with E-state index in [0.717, 1.165) is 16.7 Å². The molecule has 0 aliphatic rings. The fourth-order valence-corrected chi connectivity index (χ4v) is 1.78. The summed E-state index contributed by atoms with van der Waals surface area (Å²) in [7, 11) is 0. The Balaban J connectivity index is 0.00000133. The van der Waals surface area contributed by atoms with E-state index in [4.69, 9.17) is 0 Å². The second kappa shape index (κ2) is 6.37. The van der Waals surface area contributed by atoms with Gasteiger partial charge >= 0.3 is 0 Å². The molecule has 0 aliphatic carbocycles. The molecular formula is C16H11IrN2-. The average molecular weight is 423 g/mol. The van der Waals surface area contributed by atoms with Gasteiger partial charge in [-0.3, -0.25) is 9.97 Å². The first-order valence-corrected chi connectivity index (χ1v) is 5.78. The summed E-state index contributed by atoms with van der Waals surface area (Å²) in [5.41, 5.74) is 3.06. The zero-order valence-corrected chi connectivity index (χ0v) is 12.5. The van der Waals surface area contributed by atoms with E-state index in [1.807, 2.05) is 67.0 Å². The van der Waals surface area contributed by atoms with Crippen LogP contribution >= 0.6 is 0 Å². The predicted octanol–water partition coefficient (Wildman–Crippen LogP) is 3.61. The number of nitrogens with zero attached hydrogens (tertiary/aromatic N) is 2. The summed E-state index contributed by atoms with van der Waals surface area (Å²) in [6.45, 7) is 0. The minimum absolute atomic E-state index is 0. The van der Waals surface area contributed by atoms with E-state index in [0.29, 0.717) is 5.82 Å². The van der Waals surface area contributed by atoms with Gasteiger partial charge in [-0.1, -0.05) is 30.3 Å². The summed E-state index contributed by atoms with van der Waals surface area (Å²) in [5.74, 6) is 0.704. The molecule has 3 rings (SSSR count). The molecule has 3 aromatic rings. The Morgan fingerprint density at radius 2 is 1.42 bits per heavy atom. The predicted molar refractivity (Wildman–Crippen MR) is 71.7 cm³/mol. The van der Waals surface area contributed by atoms with E-state index in [1.165, 1.54) is 0 Å². The third kappa shape index (κ3) is 3.14. The number of rotatable bonds is 2. The summed E-state index contributed by atoms with van der Waals surface area (Å²) in [4.78, 5) is 8.77. The third-order valence-electron chi connectivity index (χ3n) is 2.71. The summed E-state index contributed by atoms with van der Waals surface area (Å²) in [5, 5.41) is 0. The molecule has 3 heteroatoms. The molecule has 95 valence electrons. The molecule has 2 aromatic carbocycles. The first kappa shape index (κ1) is 13.6. The van der Waals surface area contributed by atoms with Crippen molar-refractivity contribution < 1.29 is 20.1 Å². The van der Waals surface area contributed by atoms with Gasteiger partial charge in [0, 0.05) is 38.1 Å². The monoisotopic (exact) mass is 424 g/mol. The molecule has 0 fully saturated rings. The minimum atomic E-state index is 0. The van der Waals surface area contributed by atoms with Crippen molar-refractivity contribution in [2.45, 2.75) is 0 Å². The third-order valence-corrected chi connectivity index (χ3v) is 2.71. The quantitative estimate of drug-likeness (QED) is 0.589. The normalized spacial score (nSPS) is 9.68. The molecule has 0 saturated carbocycles. The van der Waals surface area contributed by atoms with Gasteiger partial charge in [-0.05, 0) is 5.56 Å². The Morgan fingerprint density at radius 1 is 0.737 bits per heavy atom. The molecule has 0 bridgehead atoms. The maximum atomic E-state index is 4.38. The van der Waals surface area contributed by atoms with Crippen LogP contribution in [-0.4, -0.2) is 9.97 Å². The summed E-state index contributed by atoms with van der Waals surface area (Å²) in [6.07, 6.45) is 3.69. The van der Waals surface area contributed by atoms with E-state index < -0.39 is 0 Å². The van der Waals surface area contributed by atoms with E-state index in [2.05, 4.69) is 16.0 Å². The molecule has 0 saturated heterocycles. The minimum Gasteiger partial charge on any atom is -0.285 e. The van der Waals surface area contributed by atoms with Crippen molar-refractivity contribution in [3.8, 4) is 22.5 Å². The van der Waals surface area contributed by atoms with Crippen LogP contribution in [-0.2, 0) is 20.1 Å². The molecular weight excluding hydrogens is 412 g/mol. The van der Waals surface area contributed by atoms with E-state index in [9.17, 15) is 0 Å². The topological polar surface area (TPSA) is 25.8 Å². The average Bonchev–Trinajstić information content (AvgIpc) is 2.49. The molecule has 1 heterocycles. The van der Waals surface area contributed by atoms with Crippen LogP contribution in [0.15, 0.2) is 67.0 Å². The number of hydrogen-bond acceptors (Lipinski definition) is 2. The van der Waals surface area contributed by atoms with Crippen molar-refractivity contribution in [1.82, 2.24) is 9.97 Å². The van der Waals surface area contributed by atoms with Crippen LogP contribution in [0.1, 0.15) is 0 Å². The van der Waals surface area contributed by atoms with E-state index in [1.54, 1.807) is 0 Å². The Morgan fingerprint density at radius 3 is 2.05 bits per heavy atom. The van der Waals surface area contributed by atoms with Gasteiger partial charge in [0.1, 0.15) is 0 Å². The van der Waals surface area contributed by atoms with Gasteiger partial charge in [-0.15, -0.1) is 35.9 Å². The van der Waals surface area contributed by atoms with Gasteiger partial charge in [0.2, 0.25) is 0 Å². The molecule has 0 aliphatic heterocycles. The Kier molecular flexibility index (Phi) is 4.56. The molecule has 0 amide bonds. The fraction of sp³-hybridized carbons (Fsp3) is 0. The molecule has 1 radical (unpaired) electrons. The summed E-state index contributed by atoms with van der Waals surface area (Å²) >= 11 is 0. The second-order valence-corrected chi connectivity index (χ2v) is 3.94. The fourth-order valence-electron chi connectivity index (χ4n) is 1.78. The van der Waals surface area contributed by atoms with Gasteiger partial charge in [-0.2, -0.15) is 0 Å². The molecule has 0 unspecified atom stereocenters. The van der Waals surface area contributed by atoms with Gasteiger partial charge in [0.15, 0.2) is 0 Å². The van der Waals surface area contributed by atoms with Gasteiger partial charge in [-0.25, -0.2) is 0 Å².